The molecule has 8 heteroatoms. The molecule has 0 amide bonds. The lowest BCUT2D eigenvalue weighted by molar-refractivity contribution is -0.384. The zero-order valence-electron chi connectivity index (χ0n) is 11.0. The summed E-state index contributed by atoms with van der Waals surface area (Å²) in [6.45, 7) is 3.61. The molecule has 0 aliphatic rings. The number of nitro groups is 1. The Morgan fingerprint density at radius 1 is 1.60 bits per heavy atom. The molecule has 1 aromatic rings. The molecular formula is C12H14ClFN2O4. The number of benzene rings is 1. The van der Waals surface area contributed by atoms with Gasteiger partial charge in [0.05, 0.1) is 16.4 Å². The van der Waals surface area contributed by atoms with E-state index < -0.39 is 22.8 Å². The second kappa shape index (κ2) is 6.51. The van der Waals surface area contributed by atoms with Crippen molar-refractivity contribution in [1.29, 1.82) is 0 Å². The number of carboxylic acid groups (broad SMARTS) is 1. The third kappa shape index (κ3) is 3.57. The normalized spacial score (nSPS) is 12.0. The summed E-state index contributed by atoms with van der Waals surface area (Å²) in [5.74, 6) is -1.82. The predicted molar refractivity (Wildman–Crippen MR) is 72.8 cm³/mol. The van der Waals surface area contributed by atoms with Gasteiger partial charge in [-0.1, -0.05) is 11.6 Å². The van der Waals surface area contributed by atoms with Gasteiger partial charge in [-0.05, 0) is 13.8 Å². The van der Waals surface area contributed by atoms with Gasteiger partial charge in [0, 0.05) is 24.7 Å². The van der Waals surface area contributed by atoms with Gasteiger partial charge in [0.2, 0.25) is 0 Å². The minimum Gasteiger partial charge on any atom is -0.481 e. The van der Waals surface area contributed by atoms with Crippen LogP contribution < -0.4 is 4.90 Å². The van der Waals surface area contributed by atoms with E-state index in [0.717, 1.165) is 12.1 Å². The molecule has 20 heavy (non-hydrogen) atoms. The lowest BCUT2D eigenvalue weighted by atomic mass is 10.1. The van der Waals surface area contributed by atoms with E-state index in [2.05, 4.69) is 0 Å². The van der Waals surface area contributed by atoms with E-state index >= 15 is 0 Å². The van der Waals surface area contributed by atoms with Crippen molar-refractivity contribution in [3.05, 3.63) is 33.1 Å². The highest BCUT2D eigenvalue weighted by atomic mass is 35.5. The highest BCUT2D eigenvalue weighted by molar-refractivity contribution is 6.31. The number of carboxylic acids is 1. The van der Waals surface area contributed by atoms with Crippen molar-refractivity contribution in [1.82, 2.24) is 0 Å². The van der Waals surface area contributed by atoms with E-state index in [9.17, 15) is 19.3 Å². The molecule has 0 fully saturated rings. The predicted octanol–water partition coefficient (Wildman–Crippen LogP) is 3.08. The van der Waals surface area contributed by atoms with E-state index in [4.69, 9.17) is 16.7 Å². The number of aliphatic carboxylic acids is 1. The Labute approximate surface area is 119 Å². The molecule has 0 radical (unpaired) electrons. The molecule has 1 N–H and O–H groups in total. The first kappa shape index (κ1) is 16.2. The number of anilines is 1. The molecule has 0 aliphatic heterocycles. The van der Waals surface area contributed by atoms with Crippen molar-refractivity contribution < 1.29 is 19.2 Å². The van der Waals surface area contributed by atoms with Gasteiger partial charge in [0.15, 0.2) is 0 Å². The van der Waals surface area contributed by atoms with Crippen LogP contribution in [-0.4, -0.2) is 28.6 Å². The first-order chi connectivity index (χ1) is 9.27. The van der Waals surface area contributed by atoms with Gasteiger partial charge in [0.1, 0.15) is 11.5 Å². The fourth-order valence-corrected chi connectivity index (χ4v) is 2.14. The molecule has 0 bridgehead atoms. The second-order valence-electron chi connectivity index (χ2n) is 4.25. The van der Waals surface area contributed by atoms with Gasteiger partial charge in [-0.25, -0.2) is 4.39 Å². The number of nitrogens with zero attached hydrogens (tertiary/aromatic N) is 2. The Morgan fingerprint density at radius 3 is 2.65 bits per heavy atom. The van der Waals surface area contributed by atoms with Crippen molar-refractivity contribution in [3.8, 4) is 0 Å². The largest absolute Gasteiger partial charge is 0.481 e. The monoisotopic (exact) mass is 304 g/mol. The number of nitro benzene ring substituents is 1. The van der Waals surface area contributed by atoms with Crippen LogP contribution in [-0.2, 0) is 4.79 Å². The topological polar surface area (TPSA) is 83.7 Å². The molecule has 110 valence electrons. The highest BCUT2D eigenvalue weighted by Gasteiger charge is 2.25. The molecule has 1 rings (SSSR count). The number of rotatable bonds is 6. The zero-order chi connectivity index (χ0) is 15.4. The first-order valence-electron chi connectivity index (χ1n) is 5.89. The van der Waals surface area contributed by atoms with E-state index in [0.29, 0.717) is 6.54 Å². The Kier molecular flexibility index (Phi) is 5.26. The van der Waals surface area contributed by atoms with E-state index in [1.165, 1.54) is 4.90 Å². The summed E-state index contributed by atoms with van der Waals surface area (Å²) in [4.78, 5) is 22.6. The minimum atomic E-state index is -1.03. The van der Waals surface area contributed by atoms with Gasteiger partial charge >= 0.3 is 5.97 Å². The van der Waals surface area contributed by atoms with Gasteiger partial charge in [-0.3, -0.25) is 14.9 Å². The molecule has 1 unspecified atom stereocenters. The third-order valence-electron chi connectivity index (χ3n) is 2.87. The van der Waals surface area contributed by atoms with Gasteiger partial charge < -0.3 is 10.0 Å². The quantitative estimate of drug-likeness (QED) is 0.645. The molecule has 0 aromatic heterocycles. The maximum absolute atomic E-state index is 13.5. The molecule has 1 aromatic carbocycles. The Bertz CT molecular complexity index is 538. The summed E-state index contributed by atoms with van der Waals surface area (Å²) >= 11 is 5.55. The molecule has 0 aliphatic carbocycles. The summed E-state index contributed by atoms with van der Waals surface area (Å²) in [6.07, 6.45) is -0.213. The number of hydrogen-bond acceptors (Lipinski definition) is 4. The highest BCUT2D eigenvalue weighted by Crippen LogP contribution is 2.34. The van der Waals surface area contributed by atoms with E-state index in [1.807, 2.05) is 0 Å². The van der Waals surface area contributed by atoms with Crippen LogP contribution in [0.3, 0.4) is 0 Å². The van der Waals surface area contributed by atoms with Crippen molar-refractivity contribution >= 4 is 28.9 Å². The molecule has 0 saturated carbocycles. The Balaban J connectivity index is 3.30. The number of carbonyl (C=O) groups is 1. The van der Waals surface area contributed by atoms with Gasteiger partial charge in [-0.2, -0.15) is 0 Å². The molecular weight excluding hydrogens is 291 g/mol. The fraction of sp³-hybridized carbons (Fsp3) is 0.417. The minimum absolute atomic E-state index is 0.0214. The van der Waals surface area contributed by atoms with Gasteiger partial charge in [-0.15, -0.1) is 0 Å². The zero-order valence-corrected chi connectivity index (χ0v) is 11.7. The van der Waals surface area contributed by atoms with Crippen molar-refractivity contribution in [2.24, 2.45) is 0 Å². The van der Waals surface area contributed by atoms with Crippen LogP contribution in [0.5, 0.6) is 0 Å². The van der Waals surface area contributed by atoms with Crippen molar-refractivity contribution in [2.75, 3.05) is 11.4 Å². The van der Waals surface area contributed by atoms with Gasteiger partial charge in [0.25, 0.3) is 5.69 Å². The Morgan fingerprint density at radius 2 is 2.20 bits per heavy atom. The number of hydrogen-bond donors (Lipinski definition) is 1. The summed E-state index contributed by atoms with van der Waals surface area (Å²) in [7, 11) is 0. The first-order valence-corrected chi connectivity index (χ1v) is 6.27. The van der Waals surface area contributed by atoms with Crippen LogP contribution in [0.4, 0.5) is 15.8 Å². The lowest BCUT2D eigenvalue weighted by Crippen LogP contribution is -2.35. The van der Waals surface area contributed by atoms with Crippen LogP contribution in [0.1, 0.15) is 20.3 Å². The summed E-state index contributed by atoms with van der Waals surface area (Å²) in [5, 5.41) is 19.5. The summed E-state index contributed by atoms with van der Waals surface area (Å²) in [5.41, 5.74) is -0.330. The van der Waals surface area contributed by atoms with E-state index in [1.54, 1.807) is 13.8 Å². The molecule has 1 atom stereocenters. The summed E-state index contributed by atoms with van der Waals surface area (Å²) in [6, 6.07) is 1.38. The molecule has 0 saturated heterocycles. The molecule has 6 nitrogen and oxygen atoms in total. The molecule has 0 heterocycles. The Hall–Kier alpha value is -1.89. The van der Waals surface area contributed by atoms with Crippen LogP contribution >= 0.6 is 11.6 Å². The maximum atomic E-state index is 13.5. The smallest absolute Gasteiger partial charge is 0.305 e. The maximum Gasteiger partial charge on any atom is 0.305 e. The second-order valence-corrected chi connectivity index (χ2v) is 4.65. The van der Waals surface area contributed by atoms with Crippen LogP contribution in [0.2, 0.25) is 5.02 Å². The lowest BCUT2D eigenvalue weighted by Gasteiger charge is -2.28. The number of halogens is 2. The molecule has 0 spiro atoms. The van der Waals surface area contributed by atoms with Crippen molar-refractivity contribution in [3.63, 3.8) is 0 Å². The average Bonchev–Trinajstić information content (AvgIpc) is 2.32. The van der Waals surface area contributed by atoms with Crippen LogP contribution in [0, 0.1) is 15.9 Å². The van der Waals surface area contributed by atoms with Crippen molar-refractivity contribution in [2.45, 2.75) is 26.3 Å². The van der Waals surface area contributed by atoms with Crippen LogP contribution in [0.25, 0.3) is 0 Å². The summed E-state index contributed by atoms with van der Waals surface area (Å²) < 4.78 is 13.5. The standard InChI is InChI=1S/C12H14ClFN2O4/c1-3-15(7(2)4-12(17)18)10-6-9(14)8(13)5-11(10)16(19)20/h5-7H,3-4H2,1-2H3,(H,17,18). The van der Waals surface area contributed by atoms with E-state index in [-0.39, 0.29) is 22.8 Å². The third-order valence-corrected chi connectivity index (χ3v) is 3.16. The fourth-order valence-electron chi connectivity index (χ4n) is 1.98. The SMILES string of the molecule is CCN(c1cc(F)c(Cl)cc1[N+](=O)[O-])C(C)CC(=O)O. The average molecular weight is 305 g/mol. The van der Waals surface area contributed by atoms with Crippen LogP contribution in [0.15, 0.2) is 12.1 Å².